The fourth-order valence-corrected chi connectivity index (χ4v) is 13.4. The van der Waals surface area contributed by atoms with Crippen LogP contribution < -0.4 is 28.3 Å². The van der Waals surface area contributed by atoms with Crippen molar-refractivity contribution in [3.8, 4) is 0 Å². The molecule has 1 saturated carbocycles. The van der Waals surface area contributed by atoms with Gasteiger partial charge in [0.05, 0.1) is 0 Å². The number of nitrogens with one attached hydrogen (secondary N) is 1. The van der Waals surface area contributed by atoms with Gasteiger partial charge in [0, 0.05) is 0 Å². The van der Waals surface area contributed by atoms with Gasteiger partial charge in [-0.25, -0.2) is 0 Å². The molecular formula is C15H27Cl2NSiTi. The van der Waals surface area contributed by atoms with E-state index in [1.165, 1.54) is 12.8 Å². The van der Waals surface area contributed by atoms with E-state index in [-0.39, 0.29) is 24.8 Å². The fraction of sp³-hybridized carbons (Fsp3) is 0.667. The predicted octanol–water partition coefficient (Wildman–Crippen LogP) is -1.89. The molecule has 0 aromatic carbocycles. The van der Waals surface area contributed by atoms with Gasteiger partial charge in [0.25, 0.3) is 0 Å². The summed E-state index contributed by atoms with van der Waals surface area (Å²) in [5.41, 5.74) is 0. The van der Waals surface area contributed by atoms with E-state index in [0.717, 1.165) is 16.1 Å². The first-order valence-electron chi connectivity index (χ1n) is 7.19. The van der Waals surface area contributed by atoms with Crippen LogP contribution in [-0.2, 0) is 17.7 Å². The Morgan fingerprint density at radius 2 is 1.65 bits per heavy atom. The monoisotopic (exact) mass is 367 g/mol. The predicted molar refractivity (Wildman–Crippen MR) is 81.1 cm³/mol. The summed E-state index contributed by atoms with van der Waals surface area (Å²) in [6.45, 7) is 12.1. The van der Waals surface area contributed by atoms with Crippen LogP contribution in [0.3, 0.4) is 0 Å². The number of hydrogen-bond acceptors (Lipinski definition) is 1. The maximum atomic E-state index is 4.14. The van der Waals surface area contributed by atoms with Gasteiger partial charge in [-0.2, -0.15) is 0 Å². The Balaban J connectivity index is 0.00000180. The van der Waals surface area contributed by atoms with Crippen molar-refractivity contribution in [1.82, 2.24) is 3.46 Å². The number of hydrogen-bond donors (Lipinski definition) is 1. The Bertz CT molecular complexity index is 409. The molecule has 1 nitrogen and oxygen atoms in total. The molecule has 0 aliphatic heterocycles. The van der Waals surface area contributed by atoms with Gasteiger partial charge in [0.15, 0.2) is 0 Å². The zero-order valence-electron chi connectivity index (χ0n) is 13.2. The molecule has 0 spiro atoms. The second kappa shape index (κ2) is 8.45. The molecule has 1 N–H and O–H groups in total. The van der Waals surface area contributed by atoms with Gasteiger partial charge in [-0.05, 0) is 0 Å². The normalized spacial score (nSPS) is 26.9. The van der Waals surface area contributed by atoms with Crippen LogP contribution >= 0.6 is 0 Å². The van der Waals surface area contributed by atoms with E-state index >= 15 is 0 Å². The van der Waals surface area contributed by atoms with Crippen molar-refractivity contribution in [1.29, 1.82) is 0 Å². The van der Waals surface area contributed by atoms with Crippen molar-refractivity contribution in [2.24, 2.45) is 11.8 Å². The molecule has 5 heteroatoms. The van der Waals surface area contributed by atoms with Gasteiger partial charge < -0.3 is 24.8 Å². The van der Waals surface area contributed by atoms with Gasteiger partial charge >= 0.3 is 120 Å². The summed E-state index contributed by atoms with van der Waals surface area (Å²) >= 11 is -1.25. The standard InChI is InChI=1S/C9H11.C3H10NSi.C3H6.2ClH.Ti/c1-2-5-9-7-3-6-8(9)4-1;1-5(2,3)4;1-3-2;;;/h1-2,4-6,8-9H,3,7H2;4H,1-3H3;1-2H3;2*1H;/q;-1;;;;+3/p-2. The summed E-state index contributed by atoms with van der Waals surface area (Å²) in [5.74, 6) is 1.68. The Hall–Kier alpha value is 0.821. The van der Waals surface area contributed by atoms with Gasteiger partial charge in [0.2, 0.25) is 0 Å². The molecule has 2 rings (SSSR count). The van der Waals surface area contributed by atoms with Gasteiger partial charge in [-0.15, -0.1) is 0 Å². The quantitative estimate of drug-likeness (QED) is 0.575. The van der Waals surface area contributed by atoms with Crippen molar-refractivity contribution in [2.75, 3.05) is 0 Å². The summed E-state index contributed by atoms with van der Waals surface area (Å²) in [4.78, 5) is 0. The minimum Gasteiger partial charge on any atom is -1.00 e. The van der Waals surface area contributed by atoms with E-state index in [2.05, 4.69) is 61.3 Å². The van der Waals surface area contributed by atoms with Crippen molar-refractivity contribution >= 4 is 12.0 Å². The molecule has 3 unspecified atom stereocenters. The van der Waals surface area contributed by atoms with Crippen molar-refractivity contribution < 1.29 is 42.5 Å². The summed E-state index contributed by atoms with van der Waals surface area (Å²) in [7, 11) is -1.15. The van der Waals surface area contributed by atoms with Crippen LogP contribution in [-0.4, -0.2) is 12.0 Å². The molecule has 2 aliphatic rings. The summed E-state index contributed by atoms with van der Waals surface area (Å²) < 4.78 is 6.83. The first-order valence-corrected chi connectivity index (χ1v) is 13.2. The Labute approximate surface area is 144 Å². The maximum Gasteiger partial charge on any atom is -1.00 e. The fourth-order valence-electron chi connectivity index (χ4n) is 3.29. The molecule has 0 saturated heterocycles. The van der Waals surface area contributed by atoms with E-state index in [1.807, 2.05) is 0 Å². The maximum absolute atomic E-state index is 4.14. The largest absolute Gasteiger partial charge is 1.00 e. The van der Waals surface area contributed by atoms with Gasteiger partial charge in [0.1, 0.15) is 0 Å². The first-order chi connectivity index (χ1) is 8.38. The smallest absolute Gasteiger partial charge is 1.00 e. The van der Waals surface area contributed by atoms with E-state index in [4.69, 9.17) is 0 Å². The Kier molecular flexibility index (Phi) is 8.80. The molecule has 0 radical (unpaired) electrons. The van der Waals surface area contributed by atoms with Crippen molar-refractivity contribution in [3.05, 3.63) is 24.3 Å². The average Bonchev–Trinajstić information content (AvgIpc) is 2.68. The molecule has 0 aromatic rings. The van der Waals surface area contributed by atoms with Crippen LogP contribution in [0.5, 0.6) is 0 Å². The van der Waals surface area contributed by atoms with E-state index in [0.29, 0.717) is 0 Å². The van der Waals surface area contributed by atoms with Crippen LogP contribution in [0.2, 0.25) is 23.9 Å². The van der Waals surface area contributed by atoms with Crippen LogP contribution in [0.4, 0.5) is 0 Å². The molecule has 20 heavy (non-hydrogen) atoms. The minimum absolute atomic E-state index is 0. The zero-order chi connectivity index (χ0) is 13.3. The molecule has 0 bridgehead atoms. The van der Waals surface area contributed by atoms with Gasteiger partial charge in [-0.3, -0.25) is 0 Å². The first kappa shape index (κ1) is 20.8. The molecule has 0 aromatic heterocycles. The second-order valence-corrected chi connectivity index (χ2v) is 16.9. The third-order valence-electron chi connectivity index (χ3n) is 3.99. The van der Waals surface area contributed by atoms with Crippen LogP contribution in [0.25, 0.3) is 0 Å². The number of rotatable bonds is 3. The Morgan fingerprint density at radius 1 is 1.05 bits per heavy atom. The SMILES string of the molecule is C[C](C)=[Ti+2]([NH][Si](C)(C)C)[CH]1CCC2C=CC=CC21.[Cl-].[Cl-]. The molecule has 2 aliphatic carbocycles. The van der Waals surface area contributed by atoms with Crippen LogP contribution in [0.15, 0.2) is 24.3 Å². The molecule has 0 amide bonds. The minimum atomic E-state index is -1.25. The van der Waals surface area contributed by atoms with Crippen LogP contribution in [0, 0.1) is 11.8 Å². The van der Waals surface area contributed by atoms with E-state index < -0.39 is 25.9 Å². The number of allylic oxidation sites excluding steroid dienone is 4. The third-order valence-corrected chi connectivity index (χ3v) is 13.7. The molecule has 114 valence electrons. The van der Waals surface area contributed by atoms with E-state index in [1.54, 1.807) is 3.81 Å². The number of halogens is 2. The van der Waals surface area contributed by atoms with E-state index in [9.17, 15) is 0 Å². The Morgan fingerprint density at radius 3 is 2.20 bits per heavy atom. The zero-order valence-corrected chi connectivity index (χ0v) is 17.3. The molecule has 1 fully saturated rings. The van der Waals surface area contributed by atoms with Crippen molar-refractivity contribution in [3.63, 3.8) is 0 Å². The summed E-state index contributed by atoms with van der Waals surface area (Å²) in [5, 5.41) is 0. The third kappa shape index (κ3) is 5.23. The van der Waals surface area contributed by atoms with Crippen molar-refractivity contribution in [2.45, 2.75) is 50.6 Å². The van der Waals surface area contributed by atoms with Crippen LogP contribution in [0.1, 0.15) is 26.7 Å². The molecule has 3 atom stereocenters. The van der Waals surface area contributed by atoms with Gasteiger partial charge in [-0.1, -0.05) is 0 Å². The summed E-state index contributed by atoms with van der Waals surface area (Å²) in [6.07, 6.45) is 12.3. The topological polar surface area (TPSA) is 12.0 Å². The number of fused-ring (bicyclic) bond motifs is 1. The second-order valence-electron chi connectivity index (χ2n) is 6.98. The summed E-state index contributed by atoms with van der Waals surface area (Å²) in [6, 6.07) is 0. The average molecular weight is 368 g/mol. The molecule has 0 heterocycles. The molecular weight excluding hydrogens is 341 g/mol.